The van der Waals surface area contributed by atoms with Crippen molar-refractivity contribution in [2.75, 3.05) is 7.05 Å². The summed E-state index contributed by atoms with van der Waals surface area (Å²) in [6.45, 7) is 0. The first-order chi connectivity index (χ1) is 12.1. The second kappa shape index (κ2) is 8.19. The molecule has 1 aliphatic rings. The molecular weight excluding hydrogens is 317 g/mol. The van der Waals surface area contributed by atoms with Crippen LogP contribution in [0.4, 0.5) is 4.39 Å². The first kappa shape index (κ1) is 17.5. The van der Waals surface area contributed by atoms with Crippen molar-refractivity contribution in [1.29, 1.82) is 0 Å². The van der Waals surface area contributed by atoms with Crippen molar-refractivity contribution >= 4 is 5.91 Å². The number of carbonyl (C=O) groups is 1. The molecule has 0 radical (unpaired) electrons. The number of rotatable bonds is 5. The van der Waals surface area contributed by atoms with Gasteiger partial charge in [-0.3, -0.25) is 4.79 Å². The molecule has 1 fully saturated rings. The van der Waals surface area contributed by atoms with Crippen molar-refractivity contribution in [3.63, 3.8) is 0 Å². The van der Waals surface area contributed by atoms with Gasteiger partial charge in [-0.1, -0.05) is 43.2 Å². The molecule has 1 aromatic carbocycles. The quantitative estimate of drug-likeness (QED) is 0.832. The van der Waals surface area contributed by atoms with Gasteiger partial charge in [0, 0.05) is 31.8 Å². The summed E-state index contributed by atoms with van der Waals surface area (Å²) in [5.74, 6) is 0.540. The Morgan fingerprint density at radius 2 is 1.84 bits per heavy atom. The highest BCUT2D eigenvalue weighted by Crippen LogP contribution is 2.35. The van der Waals surface area contributed by atoms with Crippen LogP contribution in [0.2, 0.25) is 0 Å². The molecular formula is C20H24FN3O. The molecule has 2 aromatic rings. The van der Waals surface area contributed by atoms with Gasteiger partial charge in [0.25, 0.3) is 0 Å². The van der Waals surface area contributed by atoms with E-state index in [0.29, 0.717) is 24.6 Å². The number of nitrogens with zero attached hydrogens (tertiary/aromatic N) is 3. The lowest BCUT2D eigenvalue weighted by Crippen LogP contribution is -2.42. The van der Waals surface area contributed by atoms with Crippen LogP contribution in [-0.4, -0.2) is 33.9 Å². The van der Waals surface area contributed by atoms with Crippen LogP contribution in [0.5, 0.6) is 0 Å². The van der Waals surface area contributed by atoms with E-state index in [4.69, 9.17) is 0 Å². The maximum atomic E-state index is 12.9. The average molecular weight is 341 g/mol. The Bertz CT molecular complexity index is 690. The Kier molecular flexibility index (Phi) is 5.74. The van der Waals surface area contributed by atoms with Crippen molar-refractivity contribution in [2.45, 2.75) is 50.5 Å². The summed E-state index contributed by atoms with van der Waals surface area (Å²) in [7, 11) is 1.90. The number of carbonyl (C=O) groups excluding carboxylic acids is 1. The summed E-state index contributed by atoms with van der Waals surface area (Å²) in [4.78, 5) is 22.4. The molecule has 0 bridgehead atoms. The number of hydrogen-bond acceptors (Lipinski definition) is 3. The molecule has 1 saturated carbocycles. The number of hydrogen-bond donors (Lipinski definition) is 0. The topological polar surface area (TPSA) is 46.1 Å². The van der Waals surface area contributed by atoms with Crippen LogP contribution in [0.1, 0.15) is 49.4 Å². The van der Waals surface area contributed by atoms with E-state index in [-0.39, 0.29) is 11.9 Å². The smallest absolute Gasteiger partial charge is 0.223 e. The fourth-order valence-electron chi connectivity index (χ4n) is 3.71. The number of aryl methyl sites for hydroxylation is 1. The van der Waals surface area contributed by atoms with E-state index in [9.17, 15) is 9.18 Å². The predicted molar refractivity (Wildman–Crippen MR) is 94.5 cm³/mol. The van der Waals surface area contributed by atoms with Gasteiger partial charge in [-0.2, -0.15) is 0 Å². The molecule has 1 amide bonds. The average Bonchev–Trinajstić information content (AvgIpc) is 2.67. The Labute approximate surface area is 148 Å². The van der Waals surface area contributed by atoms with E-state index >= 15 is 0 Å². The summed E-state index contributed by atoms with van der Waals surface area (Å²) >= 11 is 0. The van der Waals surface area contributed by atoms with Crippen molar-refractivity contribution in [2.24, 2.45) is 0 Å². The second-order valence-corrected chi connectivity index (χ2v) is 6.69. The Hall–Kier alpha value is -2.30. The third-order valence-electron chi connectivity index (χ3n) is 5.08. The van der Waals surface area contributed by atoms with Crippen molar-refractivity contribution in [3.8, 4) is 0 Å². The molecule has 2 unspecified atom stereocenters. The number of amides is 1. The fraction of sp³-hybridized carbons (Fsp3) is 0.450. The van der Waals surface area contributed by atoms with E-state index < -0.39 is 5.82 Å². The maximum absolute atomic E-state index is 12.9. The molecule has 1 aliphatic carbocycles. The van der Waals surface area contributed by atoms with Gasteiger partial charge in [-0.05, 0) is 18.4 Å². The minimum Gasteiger partial charge on any atom is -0.342 e. The summed E-state index contributed by atoms with van der Waals surface area (Å²) in [6, 6.07) is 10.7. The molecule has 5 heteroatoms. The van der Waals surface area contributed by atoms with Gasteiger partial charge in [-0.15, -0.1) is 0 Å². The van der Waals surface area contributed by atoms with Crippen LogP contribution >= 0.6 is 0 Å². The van der Waals surface area contributed by atoms with E-state index in [1.54, 1.807) is 0 Å². The number of likely N-dealkylation sites (N-methyl/N-ethyl adjacent to an activating group) is 1. The Morgan fingerprint density at radius 1 is 1.16 bits per heavy atom. The van der Waals surface area contributed by atoms with E-state index in [1.807, 2.05) is 18.0 Å². The largest absolute Gasteiger partial charge is 0.342 e. The van der Waals surface area contributed by atoms with Crippen molar-refractivity contribution < 1.29 is 9.18 Å². The van der Waals surface area contributed by atoms with E-state index in [0.717, 1.165) is 31.7 Å². The lowest BCUT2D eigenvalue weighted by molar-refractivity contribution is -0.133. The molecule has 132 valence electrons. The first-order valence-electron chi connectivity index (χ1n) is 8.92. The summed E-state index contributed by atoms with van der Waals surface area (Å²) in [5.41, 5.74) is 1.31. The lowest BCUT2D eigenvalue weighted by Gasteiger charge is -2.38. The van der Waals surface area contributed by atoms with Gasteiger partial charge < -0.3 is 4.90 Å². The zero-order chi connectivity index (χ0) is 17.6. The first-order valence-corrected chi connectivity index (χ1v) is 8.92. The Balaban J connectivity index is 1.64. The molecule has 4 nitrogen and oxygen atoms in total. The number of benzene rings is 1. The summed E-state index contributed by atoms with van der Waals surface area (Å²) in [5, 5.41) is 0. The van der Waals surface area contributed by atoms with E-state index in [2.05, 4.69) is 34.2 Å². The summed E-state index contributed by atoms with van der Waals surface area (Å²) < 4.78 is 12.9. The molecule has 1 aromatic heterocycles. The molecule has 25 heavy (non-hydrogen) atoms. The van der Waals surface area contributed by atoms with Gasteiger partial charge in [0.05, 0.1) is 12.4 Å². The minimum atomic E-state index is -0.458. The molecule has 0 saturated heterocycles. The SMILES string of the molecule is CN(C(=O)CCc1ncc(F)cn1)C1CCCCC1c1ccccc1. The van der Waals surface area contributed by atoms with Crippen LogP contribution in [0.3, 0.4) is 0 Å². The van der Waals surface area contributed by atoms with Gasteiger partial charge in [0.2, 0.25) is 5.91 Å². The number of aromatic nitrogens is 2. The molecule has 0 spiro atoms. The highest BCUT2D eigenvalue weighted by Gasteiger charge is 2.31. The van der Waals surface area contributed by atoms with Gasteiger partial charge in [0.1, 0.15) is 5.82 Å². The normalized spacial score (nSPS) is 20.2. The van der Waals surface area contributed by atoms with Gasteiger partial charge in [0.15, 0.2) is 5.82 Å². The highest BCUT2D eigenvalue weighted by atomic mass is 19.1. The molecule has 1 heterocycles. The molecule has 3 rings (SSSR count). The fourth-order valence-corrected chi connectivity index (χ4v) is 3.71. The van der Waals surface area contributed by atoms with Crippen molar-refractivity contribution in [1.82, 2.24) is 14.9 Å². The predicted octanol–water partition coefficient (Wildman–Crippen LogP) is 3.73. The van der Waals surface area contributed by atoms with E-state index in [1.165, 1.54) is 12.0 Å². The minimum absolute atomic E-state index is 0.0979. The zero-order valence-corrected chi connectivity index (χ0v) is 14.6. The lowest BCUT2D eigenvalue weighted by atomic mass is 9.79. The van der Waals surface area contributed by atoms with Crippen molar-refractivity contribution in [3.05, 3.63) is 59.9 Å². The van der Waals surface area contributed by atoms with Crippen LogP contribution < -0.4 is 0 Å². The second-order valence-electron chi connectivity index (χ2n) is 6.69. The monoisotopic (exact) mass is 341 g/mol. The molecule has 0 aliphatic heterocycles. The van der Waals surface area contributed by atoms with Crippen LogP contribution in [0.15, 0.2) is 42.7 Å². The third kappa shape index (κ3) is 4.41. The maximum Gasteiger partial charge on any atom is 0.223 e. The molecule has 0 N–H and O–H groups in total. The van der Waals surface area contributed by atoms with Crippen LogP contribution in [-0.2, 0) is 11.2 Å². The van der Waals surface area contributed by atoms with Gasteiger partial charge in [-0.25, -0.2) is 14.4 Å². The molecule has 2 atom stereocenters. The number of halogens is 1. The zero-order valence-electron chi connectivity index (χ0n) is 14.6. The summed E-state index contributed by atoms with van der Waals surface area (Å²) in [6.07, 6.45) is 7.59. The van der Waals surface area contributed by atoms with Crippen LogP contribution in [0, 0.1) is 5.82 Å². The van der Waals surface area contributed by atoms with Gasteiger partial charge >= 0.3 is 0 Å². The van der Waals surface area contributed by atoms with Crippen LogP contribution in [0.25, 0.3) is 0 Å². The Morgan fingerprint density at radius 3 is 2.56 bits per heavy atom. The third-order valence-corrected chi connectivity index (χ3v) is 5.08. The highest BCUT2D eigenvalue weighted by molar-refractivity contribution is 5.76. The standard InChI is InChI=1S/C20H24FN3O/c1-24(20(25)12-11-19-22-13-16(21)14-23-19)18-10-6-5-9-17(18)15-7-3-2-4-8-15/h2-4,7-8,13-14,17-18H,5-6,9-12H2,1H3.